The molecule has 1 fully saturated rings. The first-order valence-corrected chi connectivity index (χ1v) is 12.2. The predicted octanol–water partition coefficient (Wildman–Crippen LogP) is 2.80. The smallest absolute Gasteiger partial charge is 0.259 e. The van der Waals surface area contributed by atoms with Gasteiger partial charge in [0.2, 0.25) is 10.0 Å². The molecule has 3 aromatic rings. The third kappa shape index (κ3) is 4.19. The predicted molar refractivity (Wildman–Crippen MR) is 111 cm³/mol. The second-order valence-electron chi connectivity index (χ2n) is 7.25. The molecule has 1 N–H and O–H groups in total. The third-order valence-corrected chi connectivity index (χ3v) is 6.67. The molecule has 0 saturated carbocycles. The number of carbonyl (C=O) groups excluding carboxylic acids is 1. The highest BCUT2D eigenvalue weighted by Gasteiger charge is 2.30. The Labute approximate surface area is 173 Å². The molecule has 154 valence electrons. The van der Waals surface area contributed by atoms with Gasteiger partial charge < -0.3 is 9.42 Å². The number of hydrogen-bond donors (Lipinski definition) is 1. The molecule has 4 rings (SSSR count). The molecule has 1 saturated heterocycles. The van der Waals surface area contributed by atoms with Gasteiger partial charge in [-0.05, 0) is 43.7 Å². The molecule has 0 spiro atoms. The van der Waals surface area contributed by atoms with Gasteiger partial charge in [-0.25, -0.2) is 18.1 Å². The van der Waals surface area contributed by atoms with Crippen LogP contribution in [0.5, 0.6) is 0 Å². The van der Waals surface area contributed by atoms with Crippen molar-refractivity contribution < 1.29 is 17.7 Å². The minimum Gasteiger partial charge on any atom is -0.335 e. The Balaban J connectivity index is 1.74. The number of pyridine rings is 1. The Morgan fingerprint density at radius 1 is 1.41 bits per heavy atom. The van der Waals surface area contributed by atoms with Crippen molar-refractivity contribution in [2.75, 3.05) is 19.3 Å². The lowest BCUT2D eigenvalue weighted by atomic mass is 9.99. The van der Waals surface area contributed by atoms with Crippen molar-refractivity contribution in [1.82, 2.24) is 19.8 Å². The van der Waals surface area contributed by atoms with Gasteiger partial charge in [-0.3, -0.25) is 4.79 Å². The van der Waals surface area contributed by atoms with Gasteiger partial charge in [-0.2, -0.15) is 0 Å². The van der Waals surface area contributed by atoms with E-state index in [0.717, 1.165) is 30.4 Å². The lowest BCUT2D eigenvalue weighted by Crippen LogP contribution is -2.49. The molecule has 1 unspecified atom stereocenters. The molecular weight excluding hydrogens is 412 g/mol. The maximum absolute atomic E-state index is 13.6. The van der Waals surface area contributed by atoms with Crippen molar-refractivity contribution in [3.05, 3.63) is 34.8 Å². The summed E-state index contributed by atoms with van der Waals surface area (Å²) in [5, 5.41) is 6.55. The van der Waals surface area contributed by atoms with E-state index in [0.29, 0.717) is 34.6 Å². The number of aromatic nitrogens is 2. The molecule has 0 bridgehead atoms. The highest BCUT2D eigenvalue weighted by Crippen LogP contribution is 2.31. The van der Waals surface area contributed by atoms with Crippen molar-refractivity contribution >= 4 is 38.4 Å². The van der Waals surface area contributed by atoms with Gasteiger partial charge in [-0.1, -0.05) is 11.2 Å². The van der Waals surface area contributed by atoms with Crippen molar-refractivity contribution in [3.63, 3.8) is 0 Å². The Bertz CT molecular complexity index is 1140. The summed E-state index contributed by atoms with van der Waals surface area (Å²) in [5.74, 6) is -0.151. The fraction of sp³-hybridized carbons (Fsp3) is 0.421. The number of sulfonamides is 1. The lowest BCUT2D eigenvalue weighted by Gasteiger charge is -2.36. The van der Waals surface area contributed by atoms with Crippen molar-refractivity contribution in [2.24, 2.45) is 0 Å². The van der Waals surface area contributed by atoms with E-state index in [4.69, 9.17) is 4.52 Å². The molecule has 1 aliphatic rings. The minimum atomic E-state index is -3.33. The van der Waals surface area contributed by atoms with Crippen LogP contribution in [0.15, 0.2) is 28.1 Å². The molecule has 0 aliphatic carbocycles. The van der Waals surface area contributed by atoms with Gasteiger partial charge in [0.25, 0.3) is 11.6 Å². The van der Waals surface area contributed by atoms with Crippen LogP contribution < -0.4 is 4.72 Å². The number of thiophene rings is 1. The molecule has 1 aliphatic heterocycles. The number of fused-ring (bicyclic) bond motifs is 1. The van der Waals surface area contributed by atoms with Crippen LogP contribution in [-0.2, 0) is 10.0 Å². The first-order valence-electron chi connectivity index (χ1n) is 9.40. The Kier molecular flexibility index (Phi) is 5.41. The summed E-state index contributed by atoms with van der Waals surface area (Å²) in [6.45, 7) is 2.57. The van der Waals surface area contributed by atoms with E-state index in [9.17, 15) is 13.2 Å². The van der Waals surface area contributed by atoms with E-state index in [1.807, 2.05) is 17.5 Å². The van der Waals surface area contributed by atoms with E-state index < -0.39 is 10.0 Å². The van der Waals surface area contributed by atoms with Crippen molar-refractivity contribution in [3.8, 4) is 10.6 Å². The zero-order chi connectivity index (χ0) is 20.6. The van der Waals surface area contributed by atoms with Crippen LogP contribution in [-0.4, -0.2) is 54.8 Å². The third-order valence-electron chi connectivity index (χ3n) is 5.09. The normalized spacial score (nSPS) is 17.7. The first kappa shape index (κ1) is 20.0. The standard InChI is InChI=1S/C19H22N4O4S2/c1-12-17-14(10-15(16-7-5-9-28-16)21-18(17)27-22-12)19(24)23-8-4-3-6-13(23)11-20-29(2,25)26/h5,7,9-10,13,20H,3-4,6,8,11H2,1-2H3. The SMILES string of the molecule is Cc1noc2nc(-c3cccs3)cc(C(=O)N3CCCCC3CNS(C)(=O)=O)c12. The van der Waals surface area contributed by atoms with E-state index in [1.165, 1.54) is 11.3 Å². The number of amides is 1. The summed E-state index contributed by atoms with van der Waals surface area (Å²) in [7, 11) is -3.33. The molecule has 8 nitrogen and oxygen atoms in total. The second-order valence-corrected chi connectivity index (χ2v) is 10.0. The topological polar surface area (TPSA) is 105 Å². The number of carbonyl (C=O) groups is 1. The highest BCUT2D eigenvalue weighted by molar-refractivity contribution is 7.88. The number of nitrogens with zero attached hydrogens (tertiary/aromatic N) is 3. The molecule has 3 aromatic heterocycles. The zero-order valence-corrected chi connectivity index (χ0v) is 17.8. The molecule has 1 atom stereocenters. The molecule has 0 radical (unpaired) electrons. The number of rotatable bonds is 5. The largest absolute Gasteiger partial charge is 0.335 e. The summed E-state index contributed by atoms with van der Waals surface area (Å²) in [6, 6.07) is 5.46. The molecule has 4 heterocycles. The molecule has 29 heavy (non-hydrogen) atoms. The summed E-state index contributed by atoms with van der Waals surface area (Å²) >= 11 is 1.53. The van der Waals surface area contributed by atoms with Gasteiger partial charge in [0.05, 0.1) is 33.5 Å². The monoisotopic (exact) mass is 434 g/mol. The fourth-order valence-electron chi connectivity index (χ4n) is 3.70. The van der Waals surface area contributed by atoms with Crippen LogP contribution in [0.1, 0.15) is 35.3 Å². The minimum absolute atomic E-state index is 0.151. The van der Waals surface area contributed by atoms with Gasteiger partial charge >= 0.3 is 0 Å². The average Bonchev–Trinajstić information content (AvgIpc) is 3.35. The van der Waals surface area contributed by atoms with Crippen molar-refractivity contribution in [2.45, 2.75) is 32.2 Å². The van der Waals surface area contributed by atoms with Crippen LogP contribution >= 0.6 is 11.3 Å². The Morgan fingerprint density at radius 3 is 2.97 bits per heavy atom. The highest BCUT2D eigenvalue weighted by atomic mass is 32.2. The van der Waals surface area contributed by atoms with E-state index >= 15 is 0 Å². The van der Waals surface area contributed by atoms with E-state index in [1.54, 1.807) is 17.9 Å². The average molecular weight is 435 g/mol. The Hall–Kier alpha value is -2.30. The van der Waals surface area contributed by atoms with Gasteiger partial charge in [-0.15, -0.1) is 11.3 Å². The van der Waals surface area contributed by atoms with Gasteiger partial charge in [0, 0.05) is 19.1 Å². The number of hydrogen-bond acceptors (Lipinski definition) is 7. The van der Waals surface area contributed by atoms with E-state index in [-0.39, 0.29) is 18.5 Å². The number of piperidine rings is 1. The van der Waals surface area contributed by atoms with E-state index in [2.05, 4.69) is 14.9 Å². The summed E-state index contributed by atoms with van der Waals surface area (Å²) in [4.78, 5) is 20.8. The molecule has 1 amide bonds. The molecular formula is C19H22N4O4S2. The number of nitrogens with one attached hydrogen (secondary N) is 1. The maximum Gasteiger partial charge on any atom is 0.259 e. The maximum atomic E-state index is 13.6. The first-order chi connectivity index (χ1) is 13.8. The Morgan fingerprint density at radius 2 is 2.24 bits per heavy atom. The zero-order valence-electron chi connectivity index (χ0n) is 16.2. The van der Waals surface area contributed by atoms with Crippen LogP contribution in [0.4, 0.5) is 0 Å². The van der Waals surface area contributed by atoms with Crippen LogP contribution in [0.2, 0.25) is 0 Å². The van der Waals surface area contributed by atoms with Crippen LogP contribution in [0.3, 0.4) is 0 Å². The fourth-order valence-corrected chi connectivity index (χ4v) is 4.88. The summed E-state index contributed by atoms with van der Waals surface area (Å²) < 4.78 is 31.0. The van der Waals surface area contributed by atoms with Crippen LogP contribution in [0.25, 0.3) is 21.7 Å². The van der Waals surface area contributed by atoms with Gasteiger partial charge in [0.15, 0.2) is 0 Å². The molecule has 0 aromatic carbocycles. The number of likely N-dealkylation sites (tertiary alicyclic amines) is 1. The lowest BCUT2D eigenvalue weighted by molar-refractivity contribution is 0.0620. The summed E-state index contributed by atoms with van der Waals surface area (Å²) in [5.41, 5.74) is 2.09. The molecule has 10 heteroatoms. The summed E-state index contributed by atoms with van der Waals surface area (Å²) in [6.07, 6.45) is 3.72. The van der Waals surface area contributed by atoms with Gasteiger partial charge in [0.1, 0.15) is 0 Å². The second kappa shape index (κ2) is 7.85. The number of aryl methyl sites for hydroxylation is 1. The van der Waals surface area contributed by atoms with Crippen molar-refractivity contribution in [1.29, 1.82) is 0 Å². The van der Waals surface area contributed by atoms with Crippen LogP contribution in [0, 0.1) is 6.92 Å². The quantitative estimate of drug-likeness (QED) is 0.662.